The highest BCUT2D eigenvalue weighted by Gasteiger charge is 2.26. The molecule has 11 heavy (non-hydrogen) atoms. The Morgan fingerprint density at radius 1 is 1.18 bits per heavy atom. The van der Waals surface area contributed by atoms with E-state index in [1.54, 1.807) is 0 Å². The van der Waals surface area contributed by atoms with Gasteiger partial charge in [0.05, 0.1) is 0 Å². The quantitative estimate of drug-likeness (QED) is 0.567. The molecule has 2 atom stereocenters. The average molecular weight is 153 g/mol. The van der Waals surface area contributed by atoms with Gasteiger partial charge in [-0.3, -0.25) is 4.79 Å². The molecule has 2 bridgehead atoms. The average Bonchev–Trinajstić information content (AvgIpc) is 2.12. The van der Waals surface area contributed by atoms with Crippen molar-refractivity contribution in [2.24, 2.45) is 0 Å². The molecule has 2 heterocycles. The van der Waals surface area contributed by atoms with Gasteiger partial charge in [-0.25, -0.2) is 0 Å². The van der Waals surface area contributed by atoms with Crippen LogP contribution in [0, 0.1) is 0 Å². The van der Waals surface area contributed by atoms with E-state index >= 15 is 0 Å². The van der Waals surface area contributed by atoms with E-state index in [2.05, 4.69) is 5.32 Å². The molecule has 0 aromatic heterocycles. The lowest BCUT2D eigenvalue weighted by molar-refractivity contribution is -0.119. The van der Waals surface area contributed by atoms with Crippen LogP contribution in [0.15, 0.2) is 0 Å². The molecule has 2 aliphatic heterocycles. The molecule has 2 fully saturated rings. The van der Waals surface area contributed by atoms with Gasteiger partial charge >= 0.3 is 0 Å². The Labute approximate surface area is 67.4 Å². The lowest BCUT2D eigenvalue weighted by atomic mass is 9.98. The lowest BCUT2D eigenvalue weighted by Gasteiger charge is -2.27. The van der Waals surface area contributed by atoms with Crippen molar-refractivity contribution in [3.8, 4) is 0 Å². The zero-order valence-corrected chi connectivity index (χ0v) is 6.81. The summed E-state index contributed by atoms with van der Waals surface area (Å²) in [7, 11) is 0. The molecule has 62 valence electrons. The molecule has 2 heteroatoms. The first-order chi connectivity index (χ1) is 5.34. The molecule has 0 saturated carbocycles. The molecule has 2 nitrogen and oxygen atoms in total. The zero-order valence-electron chi connectivity index (χ0n) is 6.81. The molecule has 2 saturated heterocycles. The predicted octanol–water partition coefficient (Wildman–Crippen LogP) is 1.25. The standard InChI is InChI=1S/C9H15NO/c11-9-5-4-7-2-1-3-8(6-9)10-7/h7-8,10H,1-6H2. The second-order valence-corrected chi connectivity index (χ2v) is 3.77. The van der Waals surface area contributed by atoms with E-state index in [1.807, 2.05) is 0 Å². The second-order valence-electron chi connectivity index (χ2n) is 3.77. The van der Waals surface area contributed by atoms with Gasteiger partial charge in [-0.05, 0) is 19.3 Å². The summed E-state index contributed by atoms with van der Waals surface area (Å²) in [5.74, 6) is 0.465. The molecule has 2 rings (SSSR count). The Hall–Kier alpha value is -0.370. The number of carbonyl (C=O) groups excluding carboxylic acids is 1. The summed E-state index contributed by atoms with van der Waals surface area (Å²) in [6.45, 7) is 0. The predicted molar refractivity (Wildman–Crippen MR) is 43.4 cm³/mol. The zero-order chi connectivity index (χ0) is 7.68. The van der Waals surface area contributed by atoms with Crippen molar-refractivity contribution in [1.29, 1.82) is 0 Å². The first-order valence-corrected chi connectivity index (χ1v) is 4.62. The minimum absolute atomic E-state index is 0.465. The van der Waals surface area contributed by atoms with Crippen molar-refractivity contribution in [2.75, 3.05) is 0 Å². The molecule has 0 aromatic carbocycles. The fraction of sp³-hybridized carbons (Fsp3) is 0.889. The normalized spacial score (nSPS) is 38.4. The minimum atomic E-state index is 0.465. The molecule has 0 aromatic rings. The highest BCUT2D eigenvalue weighted by atomic mass is 16.1. The minimum Gasteiger partial charge on any atom is -0.311 e. The third-order valence-electron chi connectivity index (χ3n) is 2.82. The van der Waals surface area contributed by atoms with Gasteiger partial charge in [0.1, 0.15) is 5.78 Å². The van der Waals surface area contributed by atoms with Crippen LogP contribution in [0.4, 0.5) is 0 Å². The molecule has 2 unspecified atom stereocenters. The van der Waals surface area contributed by atoms with Gasteiger partial charge < -0.3 is 5.32 Å². The van der Waals surface area contributed by atoms with Gasteiger partial charge in [0.15, 0.2) is 0 Å². The molecule has 0 amide bonds. The lowest BCUT2D eigenvalue weighted by Crippen LogP contribution is -2.40. The smallest absolute Gasteiger partial charge is 0.134 e. The van der Waals surface area contributed by atoms with Crippen LogP contribution in [0.5, 0.6) is 0 Å². The second kappa shape index (κ2) is 2.94. The Balaban J connectivity index is 2.04. The summed E-state index contributed by atoms with van der Waals surface area (Å²) in [4.78, 5) is 11.2. The number of hydrogen-bond acceptors (Lipinski definition) is 2. The van der Waals surface area contributed by atoms with Gasteiger partial charge in [-0.2, -0.15) is 0 Å². The number of piperidine rings is 1. The highest BCUT2D eigenvalue weighted by Crippen LogP contribution is 2.22. The summed E-state index contributed by atoms with van der Waals surface area (Å²) in [5, 5.41) is 3.52. The highest BCUT2D eigenvalue weighted by molar-refractivity contribution is 5.79. The van der Waals surface area contributed by atoms with Crippen molar-refractivity contribution >= 4 is 5.78 Å². The third-order valence-corrected chi connectivity index (χ3v) is 2.82. The number of fused-ring (bicyclic) bond motifs is 2. The maximum absolute atomic E-state index is 11.2. The van der Waals surface area contributed by atoms with Crippen LogP contribution in [-0.4, -0.2) is 17.9 Å². The molecule has 0 radical (unpaired) electrons. The van der Waals surface area contributed by atoms with Crippen LogP contribution in [-0.2, 0) is 4.79 Å². The van der Waals surface area contributed by atoms with E-state index < -0.39 is 0 Å². The van der Waals surface area contributed by atoms with Crippen molar-refractivity contribution in [3.63, 3.8) is 0 Å². The first-order valence-electron chi connectivity index (χ1n) is 4.62. The van der Waals surface area contributed by atoms with Crippen LogP contribution in [0.3, 0.4) is 0 Å². The van der Waals surface area contributed by atoms with E-state index in [4.69, 9.17) is 0 Å². The van der Waals surface area contributed by atoms with E-state index in [0.29, 0.717) is 17.9 Å². The van der Waals surface area contributed by atoms with Crippen LogP contribution < -0.4 is 5.32 Å². The number of rotatable bonds is 0. The Bertz CT molecular complexity index is 167. The van der Waals surface area contributed by atoms with Gasteiger partial charge in [0.25, 0.3) is 0 Å². The molecular formula is C9H15NO. The van der Waals surface area contributed by atoms with Crippen LogP contribution in [0.1, 0.15) is 38.5 Å². The van der Waals surface area contributed by atoms with Crippen molar-refractivity contribution in [1.82, 2.24) is 5.32 Å². The maximum atomic E-state index is 11.2. The topological polar surface area (TPSA) is 29.1 Å². The fourth-order valence-electron chi connectivity index (χ4n) is 2.21. The number of carbonyl (C=O) groups is 1. The van der Waals surface area contributed by atoms with Gasteiger partial charge in [-0.1, -0.05) is 6.42 Å². The van der Waals surface area contributed by atoms with E-state index in [-0.39, 0.29) is 0 Å². The van der Waals surface area contributed by atoms with Crippen molar-refractivity contribution < 1.29 is 4.79 Å². The van der Waals surface area contributed by atoms with Crippen LogP contribution >= 0.6 is 0 Å². The maximum Gasteiger partial charge on any atom is 0.134 e. The van der Waals surface area contributed by atoms with E-state index in [0.717, 1.165) is 19.3 Å². The van der Waals surface area contributed by atoms with Gasteiger partial charge in [0.2, 0.25) is 0 Å². The Morgan fingerprint density at radius 2 is 2.00 bits per heavy atom. The number of hydrogen-bond donors (Lipinski definition) is 1. The fourth-order valence-corrected chi connectivity index (χ4v) is 2.21. The molecule has 1 N–H and O–H groups in total. The number of Topliss-reactive ketones (excluding diaryl/α,β-unsaturated/α-hetero) is 1. The summed E-state index contributed by atoms with van der Waals surface area (Å²) in [6, 6.07) is 1.17. The summed E-state index contributed by atoms with van der Waals surface area (Å²) < 4.78 is 0. The molecule has 0 spiro atoms. The third kappa shape index (κ3) is 1.62. The van der Waals surface area contributed by atoms with Crippen molar-refractivity contribution in [2.45, 2.75) is 50.6 Å². The largest absolute Gasteiger partial charge is 0.311 e. The number of nitrogens with one attached hydrogen (secondary N) is 1. The summed E-state index contributed by atoms with van der Waals surface area (Å²) >= 11 is 0. The molecule has 2 aliphatic rings. The Kier molecular flexibility index (Phi) is 1.95. The molecule has 0 aliphatic carbocycles. The first kappa shape index (κ1) is 7.29. The van der Waals surface area contributed by atoms with Gasteiger partial charge in [0, 0.05) is 24.9 Å². The SMILES string of the molecule is O=C1CCC2CCCC(C1)N2. The van der Waals surface area contributed by atoms with E-state index in [1.165, 1.54) is 19.3 Å². The van der Waals surface area contributed by atoms with Gasteiger partial charge in [-0.15, -0.1) is 0 Å². The molecular weight excluding hydrogens is 138 g/mol. The summed E-state index contributed by atoms with van der Waals surface area (Å²) in [6.07, 6.45) is 6.49. The monoisotopic (exact) mass is 153 g/mol. The van der Waals surface area contributed by atoms with Crippen molar-refractivity contribution in [3.05, 3.63) is 0 Å². The summed E-state index contributed by atoms with van der Waals surface area (Å²) in [5.41, 5.74) is 0. The Morgan fingerprint density at radius 3 is 2.91 bits per heavy atom. The van der Waals surface area contributed by atoms with Crippen LogP contribution in [0.25, 0.3) is 0 Å². The number of ketones is 1. The van der Waals surface area contributed by atoms with E-state index in [9.17, 15) is 4.79 Å². The van der Waals surface area contributed by atoms with Crippen LogP contribution in [0.2, 0.25) is 0 Å².